The molecule has 18 heavy (non-hydrogen) atoms. The van der Waals surface area contributed by atoms with E-state index in [2.05, 4.69) is 11.2 Å². The molecule has 0 unspecified atom stereocenters. The molecular formula is C13H24N2O3. The van der Waals surface area contributed by atoms with Crippen LogP contribution in [0.5, 0.6) is 0 Å². The lowest BCUT2D eigenvalue weighted by Gasteiger charge is -2.27. The van der Waals surface area contributed by atoms with Crippen molar-refractivity contribution < 1.29 is 14.3 Å². The Balaban J connectivity index is 4.20. The Bertz CT molecular complexity index is 279. The second-order valence-electron chi connectivity index (χ2n) is 4.84. The molecule has 0 rings (SSSR count). The minimum Gasteiger partial charge on any atom is -0.444 e. The molecule has 0 aliphatic rings. The Labute approximate surface area is 110 Å². The molecule has 5 nitrogen and oxygen atoms in total. The van der Waals surface area contributed by atoms with Gasteiger partial charge < -0.3 is 19.7 Å². The van der Waals surface area contributed by atoms with Crippen LogP contribution in [0.1, 0.15) is 20.8 Å². The molecule has 0 radical (unpaired) electrons. The van der Waals surface area contributed by atoms with E-state index in [0.717, 1.165) is 0 Å². The van der Waals surface area contributed by atoms with Crippen LogP contribution in [0.25, 0.3) is 0 Å². The molecule has 1 N–H and O–H groups in total. The zero-order valence-corrected chi connectivity index (χ0v) is 11.8. The van der Waals surface area contributed by atoms with Crippen molar-refractivity contribution in [3.05, 3.63) is 0 Å². The van der Waals surface area contributed by atoms with Gasteiger partial charge in [-0.05, 0) is 20.8 Å². The van der Waals surface area contributed by atoms with Crippen molar-refractivity contribution in [1.82, 2.24) is 10.2 Å². The Morgan fingerprint density at radius 3 is 2.56 bits per heavy atom. The normalized spacial score (nSPS) is 10.8. The highest BCUT2D eigenvalue weighted by atomic mass is 16.6. The molecular weight excluding hydrogens is 232 g/mol. The quantitative estimate of drug-likeness (QED) is 0.547. The highest BCUT2D eigenvalue weighted by molar-refractivity contribution is 5.68. The van der Waals surface area contributed by atoms with Crippen LogP contribution in [0.3, 0.4) is 0 Å². The van der Waals surface area contributed by atoms with Gasteiger partial charge in [0.25, 0.3) is 0 Å². The summed E-state index contributed by atoms with van der Waals surface area (Å²) < 4.78 is 10.3. The van der Waals surface area contributed by atoms with Gasteiger partial charge in [0.2, 0.25) is 0 Å². The van der Waals surface area contributed by atoms with Gasteiger partial charge in [-0.2, -0.15) is 0 Å². The SMILES string of the molecule is C#CCNCCN(CCOC)C(=O)OC(C)(C)C. The molecule has 0 atom stereocenters. The highest BCUT2D eigenvalue weighted by Gasteiger charge is 2.21. The molecule has 1 amide bonds. The maximum atomic E-state index is 11.9. The third kappa shape index (κ3) is 8.85. The lowest BCUT2D eigenvalue weighted by atomic mass is 10.2. The zero-order valence-electron chi connectivity index (χ0n) is 11.8. The number of terminal acetylenes is 1. The Kier molecular flexibility index (Phi) is 8.17. The number of carbonyl (C=O) groups excluding carboxylic acids is 1. The summed E-state index contributed by atoms with van der Waals surface area (Å²) >= 11 is 0. The van der Waals surface area contributed by atoms with Crippen LogP contribution >= 0.6 is 0 Å². The van der Waals surface area contributed by atoms with Gasteiger partial charge in [-0.25, -0.2) is 4.79 Å². The molecule has 0 fully saturated rings. The molecule has 0 spiro atoms. The topological polar surface area (TPSA) is 50.8 Å². The van der Waals surface area contributed by atoms with Crippen LogP contribution in [-0.4, -0.2) is 56.5 Å². The zero-order chi connectivity index (χ0) is 14.0. The van der Waals surface area contributed by atoms with Gasteiger partial charge in [0.05, 0.1) is 13.2 Å². The Morgan fingerprint density at radius 1 is 1.39 bits per heavy atom. The predicted octanol–water partition coefficient (Wildman–Crippen LogP) is 1.09. The van der Waals surface area contributed by atoms with E-state index >= 15 is 0 Å². The summed E-state index contributed by atoms with van der Waals surface area (Å²) in [6.45, 7) is 8.18. The van der Waals surface area contributed by atoms with Gasteiger partial charge in [0, 0.05) is 26.7 Å². The fourth-order valence-corrected chi connectivity index (χ4v) is 1.20. The number of nitrogens with zero attached hydrogens (tertiary/aromatic N) is 1. The smallest absolute Gasteiger partial charge is 0.410 e. The number of methoxy groups -OCH3 is 1. The van der Waals surface area contributed by atoms with Crippen molar-refractivity contribution in [2.24, 2.45) is 0 Å². The minimum atomic E-state index is -0.491. The number of ether oxygens (including phenoxy) is 2. The van der Waals surface area contributed by atoms with Crippen molar-refractivity contribution in [3.63, 3.8) is 0 Å². The number of amides is 1. The number of nitrogens with one attached hydrogen (secondary N) is 1. The highest BCUT2D eigenvalue weighted by Crippen LogP contribution is 2.09. The molecule has 0 aliphatic carbocycles. The number of rotatable bonds is 7. The van der Waals surface area contributed by atoms with Gasteiger partial charge in [0.1, 0.15) is 5.60 Å². The second-order valence-corrected chi connectivity index (χ2v) is 4.84. The maximum Gasteiger partial charge on any atom is 0.410 e. The average Bonchev–Trinajstić information content (AvgIpc) is 2.25. The molecule has 0 saturated carbocycles. The summed E-state index contributed by atoms with van der Waals surface area (Å²) in [5, 5.41) is 3.03. The van der Waals surface area contributed by atoms with E-state index in [9.17, 15) is 4.79 Å². The van der Waals surface area contributed by atoms with Gasteiger partial charge in [0.15, 0.2) is 0 Å². The lowest BCUT2D eigenvalue weighted by molar-refractivity contribution is 0.0205. The monoisotopic (exact) mass is 256 g/mol. The molecule has 0 saturated heterocycles. The van der Waals surface area contributed by atoms with Gasteiger partial charge in [-0.1, -0.05) is 5.92 Å². The predicted molar refractivity (Wildman–Crippen MR) is 71.4 cm³/mol. The third-order valence-electron chi connectivity index (χ3n) is 2.00. The van der Waals surface area contributed by atoms with Gasteiger partial charge in [-0.15, -0.1) is 6.42 Å². The van der Waals surface area contributed by atoms with Crippen molar-refractivity contribution >= 4 is 6.09 Å². The van der Waals surface area contributed by atoms with E-state index in [1.54, 1.807) is 12.0 Å². The van der Waals surface area contributed by atoms with Crippen LogP contribution in [0.4, 0.5) is 4.79 Å². The molecule has 0 aliphatic heterocycles. The first-order valence-corrected chi connectivity index (χ1v) is 6.01. The number of carbonyl (C=O) groups is 1. The molecule has 0 bridgehead atoms. The van der Waals surface area contributed by atoms with E-state index in [1.165, 1.54) is 0 Å². The second kappa shape index (κ2) is 8.78. The van der Waals surface area contributed by atoms with Crippen LogP contribution < -0.4 is 5.32 Å². The summed E-state index contributed by atoms with van der Waals surface area (Å²) in [5.74, 6) is 2.48. The first-order chi connectivity index (χ1) is 8.40. The first kappa shape index (κ1) is 16.8. The lowest BCUT2D eigenvalue weighted by Crippen LogP contribution is -2.42. The van der Waals surface area contributed by atoms with Crippen LogP contribution in [0, 0.1) is 12.3 Å². The molecule has 0 aromatic rings. The van der Waals surface area contributed by atoms with E-state index in [-0.39, 0.29) is 6.09 Å². The summed E-state index contributed by atoms with van der Waals surface area (Å²) in [7, 11) is 1.60. The van der Waals surface area contributed by atoms with E-state index in [4.69, 9.17) is 15.9 Å². The molecule has 5 heteroatoms. The molecule has 0 heterocycles. The van der Waals surface area contributed by atoms with Crippen molar-refractivity contribution in [3.8, 4) is 12.3 Å². The van der Waals surface area contributed by atoms with Crippen molar-refractivity contribution in [2.45, 2.75) is 26.4 Å². The average molecular weight is 256 g/mol. The maximum absolute atomic E-state index is 11.9. The fraction of sp³-hybridized carbons (Fsp3) is 0.769. The number of hydrogen-bond donors (Lipinski definition) is 1. The summed E-state index contributed by atoms with van der Waals surface area (Å²) in [5.41, 5.74) is -0.491. The van der Waals surface area contributed by atoms with Crippen molar-refractivity contribution in [2.75, 3.05) is 39.9 Å². The molecule has 104 valence electrons. The Morgan fingerprint density at radius 2 is 2.06 bits per heavy atom. The number of hydrogen-bond acceptors (Lipinski definition) is 4. The summed E-state index contributed by atoms with van der Waals surface area (Å²) in [4.78, 5) is 13.5. The fourth-order valence-electron chi connectivity index (χ4n) is 1.20. The standard InChI is InChI=1S/C13H24N2O3/c1-6-7-14-8-9-15(10-11-17-5)12(16)18-13(2,3)4/h1,14H,7-11H2,2-5H3. The van der Waals surface area contributed by atoms with E-state index < -0.39 is 5.60 Å². The largest absolute Gasteiger partial charge is 0.444 e. The molecule has 0 aromatic heterocycles. The summed E-state index contributed by atoms with van der Waals surface area (Å²) in [6, 6.07) is 0. The third-order valence-corrected chi connectivity index (χ3v) is 2.00. The van der Waals surface area contributed by atoms with Crippen LogP contribution in [-0.2, 0) is 9.47 Å². The minimum absolute atomic E-state index is 0.331. The van der Waals surface area contributed by atoms with Gasteiger partial charge in [-0.3, -0.25) is 0 Å². The van der Waals surface area contributed by atoms with E-state index in [1.807, 2.05) is 20.8 Å². The van der Waals surface area contributed by atoms with E-state index in [0.29, 0.717) is 32.8 Å². The summed E-state index contributed by atoms with van der Waals surface area (Å²) in [6.07, 6.45) is 4.80. The molecule has 0 aromatic carbocycles. The van der Waals surface area contributed by atoms with Gasteiger partial charge >= 0.3 is 6.09 Å². The van der Waals surface area contributed by atoms with Crippen LogP contribution in [0.2, 0.25) is 0 Å². The Hall–Kier alpha value is -1.25. The van der Waals surface area contributed by atoms with Crippen molar-refractivity contribution in [1.29, 1.82) is 0 Å². The first-order valence-electron chi connectivity index (χ1n) is 6.01. The van der Waals surface area contributed by atoms with Crippen LogP contribution in [0.15, 0.2) is 0 Å².